The van der Waals surface area contributed by atoms with Crippen LogP contribution >= 0.6 is 23.2 Å². The summed E-state index contributed by atoms with van der Waals surface area (Å²) < 4.78 is 9.35. The van der Waals surface area contributed by atoms with E-state index in [0.717, 1.165) is 16.6 Å². The summed E-state index contributed by atoms with van der Waals surface area (Å²) in [5, 5.41) is 10.7. The summed E-state index contributed by atoms with van der Waals surface area (Å²) >= 11 is 12.7. The van der Waals surface area contributed by atoms with E-state index in [1.54, 1.807) is 32.9 Å². The Bertz CT molecular complexity index is 1850. The third-order valence-electron chi connectivity index (χ3n) is 6.37. The Labute approximate surface area is 246 Å². The summed E-state index contributed by atoms with van der Waals surface area (Å²) in [4.78, 5) is 29.3. The molecule has 1 amide bonds. The van der Waals surface area contributed by atoms with Crippen LogP contribution in [0.15, 0.2) is 96.0 Å². The molecule has 0 saturated carbocycles. The van der Waals surface area contributed by atoms with Crippen molar-refractivity contribution in [2.45, 2.75) is 32.9 Å². The van der Waals surface area contributed by atoms with Crippen LogP contribution in [0.5, 0.6) is 0 Å². The number of carbonyl (C=O) groups is 2. The fraction of sp³-hybridized carbons (Fsp3) is 0.156. The smallest absolute Gasteiger partial charge is 0.437 e. The molecule has 0 aliphatic rings. The van der Waals surface area contributed by atoms with Gasteiger partial charge in [-0.3, -0.25) is 4.57 Å². The Kier molecular flexibility index (Phi) is 7.76. The van der Waals surface area contributed by atoms with Crippen molar-refractivity contribution in [3.63, 3.8) is 0 Å². The van der Waals surface area contributed by atoms with Crippen LogP contribution in [0.25, 0.3) is 27.8 Å². The minimum atomic E-state index is -1.05. The Hall–Kier alpha value is -4.33. The van der Waals surface area contributed by atoms with Crippen molar-refractivity contribution in [3.05, 3.63) is 118 Å². The largest absolute Gasteiger partial charge is 0.478 e. The van der Waals surface area contributed by atoms with Gasteiger partial charge in [-0.2, -0.15) is 0 Å². The predicted molar refractivity (Wildman–Crippen MR) is 161 cm³/mol. The number of carboxylic acid groups (broad SMARTS) is 1. The van der Waals surface area contributed by atoms with E-state index in [2.05, 4.69) is 4.99 Å². The first-order chi connectivity index (χ1) is 19.5. The maximum atomic E-state index is 13.0. The number of ether oxygens (including phenoxy) is 1. The van der Waals surface area contributed by atoms with Crippen molar-refractivity contribution in [2.75, 3.05) is 0 Å². The third kappa shape index (κ3) is 6.06. The molecular weight excluding hydrogens is 561 g/mol. The molecule has 208 valence electrons. The van der Waals surface area contributed by atoms with Crippen LogP contribution in [-0.2, 0) is 11.3 Å². The molecule has 5 rings (SSSR count). The molecule has 7 nitrogen and oxygen atoms in total. The van der Waals surface area contributed by atoms with E-state index in [4.69, 9.17) is 27.9 Å². The lowest BCUT2D eigenvalue weighted by Crippen LogP contribution is -2.29. The number of carbonyl (C=O) groups excluding carboxylic acids is 1. The average molecular weight is 588 g/mol. The van der Waals surface area contributed by atoms with Crippen molar-refractivity contribution in [3.8, 4) is 16.8 Å². The minimum absolute atomic E-state index is 0.145. The number of aromatic nitrogens is 2. The molecule has 41 heavy (non-hydrogen) atoms. The van der Waals surface area contributed by atoms with Gasteiger partial charge in [-0.25, -0.2) is 9.59 Å². The lowest BCUT2D eigenvalue weighted by atomic mass is 9.99. The predicted octanol–water partition coefficient (Wildman–Crippen LogP) is 7.99. The van der Waals surface area contributed by atoms with Gasteiger partial charge >= 0.3 is 12.1 Å². The Morgan fingerprint density at radius 2 is 1.54 bits per heavy atom. The number of hydrogen-bond donors (Lipinski definition) is 1. The van der Waals surface area contributed by atoms with Gasteiger partial charge in [0.2, 0.25) is 5.62 Å². The van der Waals surface area contributed by atoms with Gasteiger partial charge in [-0.1, -0.05) is 65.7 Å². The van der Waals surface area contributed by atoms with Gasteiger partial charge in [0.15, 0.2) is 0 Å². The summed E-state index contributed by atoms with van der Waals surface area (Å²) in [6, 6.07) is 27.3. The van der Waals surface area contributed by atoms with E-state index in [0.29, 0.717) is 39.0 Å². The molecule has 1 heterocycles. The van der Waals surface area contributed by atoms with Gasteiger partial charge < -0.3 is 14.4 Å². The van der Waals surface area contributed by atoms with Gasteiger partial charge in [0.25, 0.3) is 0 Å². The molecule has 5 aromatic rings. The number of nitrogens with zero attached hydrogens (tertiary/aromatic N) is 3. The number of halogens is 2. The van der Waals surface area contributed by atoms with Crippen LogP contribution in [-0.4, -0.2) is 31.9 Å². The average Bonchev–Trinajstić information content (AvgIpc) is 3.21. The molecule has 1 N–H and O–H groups in total. The second kappa shape index (κ2) is 11.3. The number of imidazole rings is 1. The monoisotopic (exact) mass is 587 g/mol. The summed E-state index contributed by atoms with van der Waals surface area (Å²) in [5.41, 5.74) is 4.16. The highest BCUT2D eigenvalue weighted by molar-refractivity contribution is 6.31. The van der Waals surface area contributed by atoms with Crippen molar-refractivity contribution in [1.29, 1.82) is 0 Å². The third-order valence-corrected chi connectivity index (χ3v) is 6.98. The summed E-state index contributed by atoms with van der Waals surface area (Å²) in [7, 11) is 0. The molecule has 0 aliphatic carbocycles. The van der Waals surface area contributed by atoms with Crippen LogP contribution in [0, 0.1) is 0 Å². The first kappa shape index (κ1) is 28.2. The molecule has 0 radical (unpaired) electrons. The molecule has 0 bridgehead atoms. The van der Waals surface area contributed by atoms with Gasteiger partial charge in [0, 0.05) is 15.7 Å². The van der Waals surface area contributed by atoms with Gasteiger partial charge in [-0.15, -0.1) is 4.99 Å². The standard InChI is InChI=1S/C32H27Cl2N3O4/c1-32(2,3)41-31(40)35-30-36(19-21-8-4-5-9-26(21)34)27-10-6-7-11-28(27)37(30)23-15-12-20(13-16-23)25-18-22(33)14-17-24(25)29(38)39/h4-18H,19H2,1-3H3,(H,38,39). The maximum absolute atomic E-state index is 13.0. The second-order valence-electron chi connectivity index (χ2n) is 10.4. The molecule has 1 aromatic heterocycles. The summed E-state index contributed by atoms with van der Waals surface area (Å²) in [5.74, 6) is -1.05. The van der Waals surface area contributed by atoms with E-state index in [1.807, 2.05) is 81.9 Å². The number of carboxylic acids is 1. The number of rotatable bonds is 5. The zero-order valence-corrected chi connectivity index (χ0v) is 24.1. The van der Waals surface area contributed by atoms with Gasteiger partial charge in [-0.05, 0) is 86.0 Å². The van der Waals surface area contributed by atoms with Crippen LogP contribution in [0.4, 0.5) is 4.79 Å². The van der Waals surface area contributed by atoms with Crippen LogP contribution in [0.2, 0.25) is 10.0 Å². The fourth-order valence-corrected chi connectivity index (χ4v) is 5.00. The molecule has 0 aliphatic heterocycles. The molecule has 0 saturated heterocycles. The SMILES string of the molecule is CC(C)(C)OC(=O)N=c1n(Cc2ccccc2Cl)c2ccccc2n1-c1ccc(-c2cc(Cl)ccc2C(=O)O)cc1. The number of amides is 1. The normalized spacial score (nSPS) is 12.1. The zero-order valence-electron chi connectivity index (χ0n) is 22.6. The number of hydrogen-bond acceptors (Lipinski definition) is 3. The highest BCUT2D eigenvalue weighted by atomic mass is 35.5. The Morgan fingerprint density at radius 1 is 0.878 bits per heavy atom. The van der Waals surface area contributed by atoms with Crippen molar-refractivity contribution in [1.82, 2.24) is 9.13 Å². The molecule has 0 atom stereocenters. The Balaban J connectivity index is 1.73. The first-order valence-corrected chi connectivity index (χ1v) is 13.6. The molecule has 0 spiro atoms. The van der Waals surface area contributed by atoms with E-state index in [1.165, 1.54) is 6.07 Å². The quantitative estimate of drug-likeness (QED) is 0.226. The lowest BCUT2D eigenvalue weighted by molar-refractivity contribution is 0.0593. The van der Waals surface area contributed by atoms with Crippen molar-refractivity contribution in [2.24, 2.45) is 4.99 Å². The first-order valence-electron chi connectivity index (χ1n) is 12.9. The number of benzene rings is 4. The highest BCUT2D eigenvalue weighted by Gasteiger charge is 2.20. The Morgan fingerprint density at radius 3 is 2.20 bits per heavy atom. The van der Waals surface area contributed by atoms with Crippen LogP contribution in [0.3, 0.4) is 0 Å². The molecule has 0 fully saturated rings. The highest BCUT2D eigenvalue weighted by Crippen LogP contribution is 2.29. The fourth-order valence-electron chi connectivity index (χ4n) is 4.63. The minimum Gasteiger partial charge on any atom is -0.478 e. The molecular formula is C32H27Cl2N3O4. The van der Waals surface area contributed by atoms with E-state index >= 15 is 0 Å². The van der Waals surface area contributed by atoms with Gasteiger partial charge in [0.1, 0.15) is 5.60 Å². The topological polar surface area (TPSA) is 85.8 Å². The lowest BCUT2D eigenvalue weighted by Gasteiger charge is -2.17. The number of fused-ring (bicyclic) bond motifs is 1. The van der Waals surface area contributed by atoms with E-state index < -0.39 is 17.7 Å². The molecule has 9 heteroatoms. The maximum Gasteiger partial charge on any atom is 0.437 e. The molecule has 0 unspecified atom stereocenters. The van der Waals surface area contributed by atoms with Crippen LogP contribution < -0.4 is 5.62 Å². The van der Waals surface area contributed by atoms with Crippen LogP contribution in [0.1, 0.15) is 36.7 Å². The second-order valence-corrected chi connectivity index (χ2v) is 11.3. The summed E-state index contributed by atoms with van der Waals surface area (Å²) in [6.45, 7) is 5.71. The van der Waals surface area contributed by atoms with Gasteiger partial charge in [0.05, 0.1) is 23.1 Å². The van der Waals surface area contributed by atoms with E-state index in [-0.39, 0.29) is 5.56 Å². The van der Waals surface area contributed by atoms with Crippen molar-refractivity contribution >= 4 is 46.3 Å². The molecule has 4 aromatic carbocycles. The number of para-hydroxylation sites is 2. The summed E-state index contributed by atoms with van der Waals surface area (Å²) in [6.07, 6.45) is -0.726. The van der Waals surface area contributed by atoms with Crippen molar-refractivity contribution < 1.29 is 19.4 Å². The number of aromatic carboxylic acids is 1. The van der Waals surface area contributed by atoms with E-state index in [9.17, 15) is 14.7 Å². The zero-order chi connectivity index (χ0) is 29.3.